The number of para-hydroxylation sites is 1. The van der Waals surface area contributed by atoms with Gasteiger partial charge in [-0.1, -0.05) is 78.9 Å². The molecule has 0 aliphatic carbocycles. The van der Waals surface area contributed by atoms with Gasteiger partial charge in [-0.15, -0.1) is 0 Å². The van der Waals surface area contributed by atoms with Crippen molar-refractivity contribution in [1.29, 1.82) is 0 Å². The van der Waals surface area contributed by atoms with E-state index < -0.39 is 83.8 Å². The third-order valence-electron chi connectivity index (χ3n) is 5.84. The van der Waals surface area contributed by atoms with Crippen molar-refractivity contribution in [2.75, 3.05) is 0 Å². The standard InChI is InChI=1S/C23H22N2O12S4/c26-38(27,28)23(39(29,30)31)24(40(32,33)34)21(16-18-10-4-1-5-11-18)22(17-19-12-6-2-7-13-19)25(23)41(35,36)37-20-14-8-3-9-15-20/h1-15H,16-17H2,(H,26,27,28)(H,29,30,31)(H,32,33,34). The van der Waals surface area contributed by atoms with E-state index in [-0.39, 0.29) is 11.1 Å². The Kier molecular flexibility index (Phi) is 7.95. The predicted octanol–water partition coefficient (Wildman–Crippen LogP) is 1.81. The first-order valence-electron chi connectivity index (χ1n) is 11.3. The van der Waals surface area contributed by atoms with Gasteiger partial charge in [-0.25, -0.2) is 0 Å². The zero-order chi connectivity index (χ0) is 30.3. The molecule has 0 spiro atoms. The highest BCUT2D eigenvalue weighted by atomic mass is 32.3. The molecule has 0 bridgehead atoms. The molecule has 1 aliphatic rings. The first-order chi connectivity index (χ1) is 19.0. The quantitative estimate of drug-likeness (QED) is 0.269. The lowest BCUT2D eigenvalue weighted by Gasteiger charge is -2.37. The molecule has 0 radical (unpaired) electrons. The lowest BCUT2D eigenvalue weighted by atomic mass is 10.0. The van der Waals surface area contributed by atoms with Crippen LogP contribution in [0.25, 0.3) is 0 Å². The van der Waals surface area contributed by atoms with Crippen molar-refractivity contribution in [1.82, 2.24) is 8.61 Å². The molecule has 220 valence electrons. The van der Waals surface area contributed by atoms with Crippen molar-refractivity contribution in [2.24, 2.45) is 0 Å². The summed E-state index contributed by atoms with van der Waals surface area (Å²) in [7, 11) is -25.0. The van der Waals surface area contributed by atoms with Crippen LogP contribution in [0.2, 0.25) is 0 Å². The maximum absolute atomic E-state index is 13.8. The minimum Gasteiger partial charge on any atom is -0.367 e. The van der Waals surface area contributed by atoms with E-state index in [0.29, 0.717) is 0 Å². The fourth-order valence-electron chi connectivity index (χ4n) is 4.33. The van der Waals surface area contributed by atoms with Crippen molar-refractivity contribution in [3.63, 3.8) is 0 Å². The topological polar surface area (TPSA) is 213 Å². The van der Waals surface area contributed by atoms with Gasteiger partial charge in [-0.3, -0.25) is 13.7 Å². The van der Waals surface area contributed by atoms with Gasteiger partial charge in [0.2, 0.25) is 0 Å². The molecule has 0 aromatic heterocycles. The van der Waals surface area contributed by atoms with Crippen LogP contribution in [0.3, 0.4) is 0 Å². The Morgan fingerprint density at radius 2 is 0.927 bits per heavy atom. The lowest BCUT2D eigenvalue weighted by Crippen LogP contribution is -2.67. The molecular formula is C23H22N2O12S4. The van der Waals surface area contributed by atoms with Gasteiger partial charge in [0, 0.05) is 12.8 Å². The second kappa shape index (κ2) is 10.7. The first kappa shape index (κ1) is 30.4. The van der Waals surface area contributed by atoms with Gasteiger partial charge < -0.3 is 4.18 Å². The molecule has 3 aromatic carbocycles. The van der Waals surface area contributed by atoms with E-state index >= 15 is 0 Å². The van der Waals surface area contributed by atoms with Gasteiger partial charge in [0.25, 0.3) is 0 Å². The Morgan fingerprint density at radius 3 is 1.29 bits per heavy atom. The van der Waals surface area contributed by atoms with Crippen molar-refractivity contribution in [3.8, 4) is 5.75 Å². The molecule has 3 N–H and O–H groups in total. The van der Waals surface area contributed by atoms with Crippen LogP contribution in [0.5, 0.6) is 5.75 Å². The highest BCUT2D eigenvalue weighted by Gasteiger charge is 2.76. The largest absolute Gasteiger partial charge is 0.413 e. The summed E-state index contributed by atoms with van der Waals surface area (Å²) in [6.07, 6.45) is -1.38. The third kappa shape index (κ3) is 5.67. The Labute approximate surface area is 236 Å². The molecule has 4 rings (SSSR count). The van der Waals surface area contributed by atoms with Crippen LogP contribution in [0.1, 0.15) is 11.1 Å². The molecule has 1 aliphatic heterocycles. The van der Waals surface area contributed by atoms with E-state index in [4.69, 9.17) is 4.18 Å². The van der Waals surface area contributed by atoms with E-state index in [1.54, 1.807) is 12.1 Å². The number of hydrogen-bond donors (Lipinski definition) is 3. The molecule has 41 heavy (non-hydrogen) atoms. The zero-order valence-electron chi connectivity index (χ0n) is 20.6. The van der Waals surface area contributed by atoms with Gasteiger partial charge in [0.05, 0.1) is 11.4 Å². The van der Waals surface area contributed by atoms with Gasteiger partial charge in [-0.05, 0) is 23.3 Å². The second-order valence-corrected chi connectivity index (χ2v) is 14.5. The Morgan fingerprint density at radius 1 is 0.561 bits per heavy atom. The zero-order valence-corrected chi connectivity index (χ0v) is 23.9. The molecule has 0 saturated heterocycles. The number of rotatable bonds is 10. The smallest absolute Gasteiger partial charge is 0.367 e. The lowest BCUT2D eigenvalue weighted by molar-refractivity contribution is 0.239. The van der Waals surface area contributed by atoms with Crippen LogP contribution >= 0.6 is 0 Å². The van der Waals surface area contributed by atoms with Crippen LogP contribution in [0.4, 0.5) is 0 Å². The fourth-order valence-corrected chi connectivity index (χ4v) is 11.0. The van der Waals surface area contributed by atoms with Crippen molar-refractivity contribution in [2.45, 2.75) is 17.2 Å². The molecule has 18 heteroatoms. The number of hydrogen-bond acceptors (Lipinski definition) is 9. The minimum absolute atomic E-state index is 0.199. The summed E-state index contributed by atoms with van der Waals surface area (Å²) in [4.78, 5) is 0. The highest BCUT2D eigenvalue weighted by Crippen LogP contribution is 2.49. The van der Waals surface area contributed by atoms with Crippen molar-refractivity contribution < 1.29 is 51.5 Å². The van der Waals surface area contributed by atoms with Crippen LogP contribution < -0.4 is 4.18 Å². The monoisotopic (exact) mass is 646 g/mol. The van der Waals surface area contributed by atoms with Crippen LogP contribution in [0, 0.1) is 0 Å². The Bertz CT molecular complexity index is 1870. The summed E-state index contributed by atoms with van der Waals surface area (Å²) < 4.78 is 135. The number of benzene rings is 3. The van der Waals surface area contributed by atoms with E-state index in [2.05, 4.69) is 0 Å². The molecule has 14 nitrogen and oxygen atoms in total. The molecule has 0 unspecified atom stereocenters. The maximum Gasteiger partial charge on any atom is 0.413 e. The molecule has 0 amide bonds. The average molecular weight is 647 g/mol. The normalized spacial score (nSPS) is 16.2. The van der Waals surface area contributed by atoms with Crippen LogP contribution in [-0.2, 0) is 53.7 Å². The first-order valence-corrected chi connectivity index (χ1v) is 17.0. The maximum atomic E-state index is 13.8. The van der Waals surface area contributed by atoms with E-state index in [1.807, 2.05) is 0 Å². The van der Waals surface area contributed by atoms with Crippen LogP contribution in [0.15, 0.2) is 102 Å². The number of allylic oxidation sites excluding steroid dienone is 2. The van der Waals surface area contributed by atoms with E-state index in [1.165, 1.54) is 66.7 Å². The Hall–Kier alpha value is -3.52. The van der Waals surface area contributed by atoms with Crippen LogP contribution in [-0.4, -0.2) is 60.3 Å². The molecule has 0 fully saturated rings. The van der Waals surface area contributed by atoms with Gasteiger partial charge in [-0.2, -0.15) is 42.3 Å². The van der Waals surface area contributed by atoms with Gasteiger partial charge in [0.1, 0.15) is 5.75 Å². The Balaban J connectivity index is 2.17. The highest BCUT2D eigenvalue weighted by molar-refractivity contribution is 8.07. The van der Waals surface area contributed by atoms with E-state index in [0.717, 1.165) is 12.1 Å². The summed E-state index contributed by atoms with van der Waals surface area (Å²) in [5, 5.41) is 0. The summed E-state index contributed by atoms with van der Waals surface area (Å²) in [6.45, 7) is 0. The molecule has 3 aromatic rings. The van der Waals surface area contributed by atoms with Crippen molar-refractivity contribution in [3.05, 3.63) is 114 Å². The SMILES string of the molecule is O=S(=O)(O)N1C(Cc2ccccc2)=C(Cc2ccccc2)N(S(=O)(=O)Oc2ccccc2)C1(S(=O)(=O)O)S(=O)(=O)O. The van der Waals surface area contributed by atoms with Crippen molar-refractivity contribution >= 4 is 40.8 Å². The summed E-state index contributed by atoms with van der Waals surface area (Å²) in [5.41, 5.74) is -1.38. The number of nitrogens with zero attached hydrogens (tertiary/aromatic N) is 2. The summed E-state index contributed by atoms with van der Waals surface area (Å²) in [6, 6.07) is 21.1. The molecule has 0 atom stereocenters. The fraction of sp³-hybridized carbons (Fsp3) is 0.130. The van der Waals surface area contributed by atoms with Gasteiger partial charge >= 0.3 is 45.2 Å². The molecule has 0 saturated carbocycles. The molecular weight excluding hydrogens is 625 g/mol. The molecule has 1 heterocycles. The van der Waals surface area contributed by atoms with E-state index in [9.17, 15) is 47.3 Å². The average Bonchev–Trinajstić information content (AvgIpc) is 3.18. The second-order valence-electron chi connectivity index (χ2n) is 8.58. The summed E-state index contributed by atoms with van der Waals surface area (Å²) in [5.74, 6) is -0.471. The minimum atomic E-state index is -6.56. The predicted molar refractivity (Wildman–Crippen MR) is 144 cm³/mol. The van der Waals surface area contributed by atoms with Gasteiger partial charge in [0.15, 0.2) is 0 Å². The summed E-state index contributed by atoms with van der Waals surface area (Å²) >= 11 is 0. The third-order valence-corrected chi connectivity index (χ3v) is 11.9.